The van der Waals surface area contributed by atoms with Crippen molar-refractivity contribution in [3.8, 4) is 0 Å². The van der Waals surface area contributed by atoms with E-state index in [2.05, 4.69) is 25.2 Å². The van der Waals surface area contributed by atoms with Crippen LogP contribution in [0.15, 0.2) is 23.7 Å². The van der Waals surface area contributed by atoms with Gasteiger partial charge in [-0.3, -0.25) is 9.79 Å². The van der Waals surface area contributed by atoms with E-state index in [4.69, 9.17) is 0 Å². The standard InChI is InChI=1S/C16H28N6O.HI/c1-13(2)15(23)22-9-5-14(11-22)20-16(17-3)19-6-4-8-21-10-7-18-12-21;/h7,10,12-14H,4-6,8-9,11H2,1-3H3,(H2,17,19,20);1H. The smallest absolute Gasteiger partial charge is 0.225 e. The summed E-state index contributed by atoms with van der Waals surface area (Å²) < 4.78 is 2.06. The van der Waals surface area contributed by atoms with Gasteiger partial charge in [0.15, 0.2) is 5.96 Å². The number of aryl methyl sites for hydroxylation is 1. The molecule has 1 amide bonds. The van der Waals surface area contributed by atoms with Crippen LogP contribution in [0.25, 0.3) is 0 Å². The van der Waals surface area contributed by atoms with Crippen LogP contribution in [0.3, 0.4) is 0 Å². The predicted octanol–water partition coefficient (Wildman–Crippen LogP) is 1.31. The molecule has 0 radical (unpaired) electrons. The number of likely N-dealkylation sites (tertiary alicyclic amines) is 1. The molecule has 24 heavy (non-hydrogen) atoms. The van der Waals surface area contributed by atoms with Gasteiger partial charge in [0.05, 0.1) is 6.33 Å². The summed E-state index contributed by atoms with van der Waals surface area (Å²) in [6, 6.07) is 0.276. The molecule has 2 N–H and O–H groups in total. The average Bonchev–Trinajstić information content (AvgIpc) is 3.21. The van der Waals surface area contributed by atoms with Crippen molar-refractivity contribution < 1.29 is 4.79 Å². The Hall–Kier alpha value is -1.32. The molecule has 0 bridgehead atoms. The fraction of sp³-hybridized carbons (Fsp3) is 0.688. The number of hydrogen-bond acceptors (Lipinski definition) is 3. The Kier molecular flexibility index (Phi) is 9.09. The maximum atomic E-state index is 12.0. The largest absolute Gasteiger partial charge is 0.356 e. The molecule has 1 aromatic rings. The minimum atomic E-state index is 0. The van der Waals surface area contributed by atoms with Crippen molar-refractivity contribution >= 4 is 35.8 Å². The topological polar surface area (TPSA) is 74.6 Å². The van der Waals surface area contributed by atoms with Crippen LogP contribution in [-0.4, -0.2) is 59.0 Å². The van der Waals surface area contributed by atoms with Gasteiger partial charge in [-0.25, -0.2) is 4.98 Å². The molecule has 1 unspecified atom stereocenters. The second kappa shape index (κ2) is 10.5. The first-order valence-electron chi connectivity index (χ1n) is 8.32. The van der Waals surface area contributed by atoms with Gasteiger partial charge in [0.2, 0.25) is 5.91 Å². The van der Waals surface area contributed by atoms with E-state index < -0.39 is 0 Å². The Balaban J connectivity index is 0.00000288. The molecule has 0 aliphatic carbocycles. The van der Waals surface area contributed by atoms with Crippen molar-refractivity contribution in [3.63, 3.8) is 0 Å². The number of aromatic nitrogens is 2. The van der Waals surface area contributed by atoms with Crippen LogP contribution in [-0.2, 0) is 11.3 Å². The maximum Gasteiger partial charge on any atom is 0.225 e. The van der Waals surface area contributed by atoms with Crippen LogP contribution in [0.4, 0.5) is 0 Å². The molecule has 1 fully saturated rings. The normalized spacial score (nSPS) is 17.8. The van der Waals surface area contributed by atoms with Gasteiger partial charge in [0.25, 0.3) is 0 Å². The number of nitrogens with one attached hydrogen (secondary N) is 2. The molecule has 0 saturated carbocycles. The summed E-state index contributed by atoms with van der Waals surface area (Å²) in [6.07, 6.45) is 7.55. The minimum Gasteiger partial charge on any atom is -0.356 e. The summed E-state index contributed by atoms with van der Waals surface area (Å²) in [5.41, 5.74) is 0. The van der Waals surface area contributed by atoms with Crippen LogP contribution < -0.4 is 10.6 Å². The number of halogens is 1. The summed E-state index contributed by atoms with van der Waals surface area (Å²) in [5.74, 6) is 1.10. The van der Waals surface area contributed by atoms with Crippen LogP contribution in [0.1, 0.15) is 26.7 Å². The highest BCUT2D eigenvalue weighted by Crippen LogP contribution is 2.12. The maximum absolute atomic E-state index is 12.0. The third-order valence-corrected chi connectivity index (χ3v) is 4.00. The minimum absolute atomic E-state index is 0. The van der Waals surface area contributed by atoms with Crippen molar-refractivity contribution in [2.75, 3.05) is 26.7 Å². The van der Waals surface area contributed by atoms with Gasteiger partial charge in [-0.2, -0.15) is 0 Å². The molecule has 2 heterocycles. The number of carbonyl (C=O) groups is 1. The van der Waals surface area contributed by atoms with E-state index in [9.17, 15) is 4.79 Å². The first-order chi connectivity index (χ1) is 11.1. The van der Waals surface area contributed by atoms with Gasteiger partial charge in [-0.1, -0.05) is 13.8 Å². The SMILES string of the molecule is CN=C(NCCCn1ccnc1)NC1CCN(C(=O)C(C)C)C1.I. The zero-order valence-corrected chi connectivity index (χ0v) is 17.1. The molecule has 1 aromatic heterocycles. The lowest BCUT2D eigenvalue weighted by Crippen LogP contribution is -2.45. The summed E-state index contributed by atoms with van der Waals surface area (Å²) >= 11 is 0. The monoisotopic (exact) mass is 448 g/mol. The molecule has 1 saturated heterocycles. The van der Waals surface area contributed by atoms with E-state index in [1.165, 1.54) is 0 Å². The summed E-state index contributed by atoms with van der Waals surface area (Å²) in [4.78, 5) is 22.2. The van der Waals surface area contributed by atoms with E-state index in [-0.39, 0.29) is 41.8 Å². The van der Waals surface area contributed by atoms with Crippen LogP contribution >= 0.6 is 24.0 Å². The number of carbonyl (C=O) groups excluding carboxylic acids is 1. The van der Waals surface area contributed by atoms with Crippen molar-refractivity contribution in [3.05, 3.63) is 18.7 Å². The summed E-state index contributed by atoms with van der Waals surface area (Å²) in [5, 5.41) is 6.74. The van der Waals surface area contributed by atoms with Crippen molar-refractivity contribution in [2.45, 2.75) is 39.3 Å². The second-order valence-corrected chi connectivity index (χ2v) is 6.22. The van der Waals surface area contributed by atoms with Crippen LogP contribution in [0.2, 0.25) is 0 Å². The molecule has 1 aliphatic heterocycles. The fourth-order valence-electron chi connectivity index (χ4n) is 2.72. The van der Waals surface area contributed by atoms with Gasteiger partial charge < -0.3 is 20.1 Å². The first kappa shape index (κ1) is 20.7. The lowest BCUT2D eigenvalue weighted by atomic mass is 10.2. The lowest BCUT2D eigenvalue weighted by molar-refractivity contribution is -0.133. The molecule has 136 valence electrons. The number of aliphatic imine (C=N–C) groups is 1. The zero-order chi connectivity index (χ0) is 16.7. The van der Waals surface area contributed by atoms with Crippen LogP contribution in [0, 0.1) is 5.92 Å². The van der Waals surface area contributed by atoms with Gasteiger partial charge in [-0.15, -0.1) is 24.0 Å². The Bertz CT molecular complexity index is 517. The molecular formula is C16H29IN6O. The molecular weight excluding hydrogens is 419 g/mol. The highest BCUT2D eigenvalue weighted by atomic mass is 127. The quantitative estimate of drug-likeness (QED) is 0.298. The number of nitrogens with zero attached hydrogens (tertiary/aromatic N) is 4. The second-order valence-electron chi connectivity index (χ2n) is 6.22. The van der Waals surface area contributed by atoms with E-state index in [1.807, 2.05) is 31.3 Å². The van der Waals surface area contributed by atoms with Gasteiger partial charge in [0.1, 0.15) is 0 Å². The third-order valence-electron chi connectivity index (χ3n) is 4.00. The molecule has 8 heteroatoms. The molecule has 2 rings (SSSR count). The summed E-state index contributed by atoms with van der Waals surface area (Å²) in [6.45, 7) is 7.26. The number of hydrogen-bond donors (Lipinski definition) is 2. The Morgan fingerprint density at radius 2 is 2.25 bits per heavy atom. The van der Waals surface area contributed by atoms with E-state index in [1.54, 1.807) is 13.2 Å². The van der Waals surface area contributed by atoms with Crippen molar-refractivity contribution in [1.29, 1.82) is 0 Å². The van der Waals surface area contributed by atoms with Gasteiger partial charge in [0, 0.05) is 57.6 Å². The molecule has 0 aromatic carbocycles. The van der Waals surface area contributed by atoms with Gasteiger partial charge >= 0.3 is 0 Å². The molecule has 0 spiro atoms. The Morgan fingerprint density at radius 3 is 2.88 bits per heavy atom. The highest BCUT2D eigenvalue weighted by molar-refractivity contribution is 14.0. The average molecular weight is 448 g/mol. The van der Waals surface area contributed by atoms with E-state index >= 15 is 0 Å². The molecule has 1 atom stereocenters. The first-order valence-corrected chi connectivity index (χ1v) is 8.32. The highest BCUT2D eigenvalue weighted by Gasteiger charge is 2.27. The Morgan fingerprint density at radius 1 is 1.46 bits per heavy atom. The molecule has 7 nitrogen and oxygen atoms in total. The van der Waals surface area contributed by atoms with Crippen LogP contribution in [0.5, 0.6) is 0 Å². The van der Waals surface area contributed by atoms with Crippen molar-refractivity contribution in [1.82, 2.24) is 25.1 Å². The lowest BCUT2D eigenvalue weighted by Gasteiger charge is -2.20. The van der Waals surface area contributed by atoms with Gasteiger partial charge in [-0.05, 0) is 12.8 Å². The van der Waals surface area contributed by atoms with E-state index in [0.717, 1.165) is 45.0 Å². The molecule has 1 aliphatic rings. The number of imidazole rings is 1. The third kappa shape index (κ3) is 6.29. The number of guanidine groups is 1. The number of rotatable bonds is 6. The Labute approximate surface area is 161 Å². The fourth-order valence-corrected chi connectivity index (χ4v) is 2.72. The number of amides is 1. The zero-order valence-electron chi connectivity index (χ0n) is 14.7. The van der Waals surface area contributed by atoms with Crippen molar-refractivity contribution in [2.24, 2.45) is 10.9 Å². The summed E-state index contributed by atoms with van der Waals surface area (Å²) in [7, 11) is 1.77. The predicted molar refractivity (Wildman–Crippen MR) is 107 cm³/mol. The van der Waals surface area contributed by atoms with E-state index in [0.29, 0.717) is 0 Å².